The summed E-state index contributed by atoms with van der Waals surface area (Å²) in [6, 6.07) is -1.03. The fourth-order valence-electron chi connectivity index (χ4n) is 9.18. The number of rotatable bonds is 51. The van der Waals surface area contributed by atoms with Crippen LogP contribution in [0.15, 0.2) is 85.1 Å². The number of carbonyl (C=O) groups is 2. The molecule has 0 saturated carbocycles. The van der Waals surface area contributed by atoms with Gasteiger partial charge in [-0.15, -0.1) is 0 Å². The summed E-state index contributed by atoms with van der Waals surface area (Å²) in [5.41, 5.74) is 0. The van der Waals surface area contributed by atoms with E-state index >= 15 is 0 Å². The molecule has 1 heterocycles. The van der Waals surface area contributed by atoms with Crippen molar-refractivity contribution < 1.29 is 49.3 Å². The molecule has 1 rings (SSSR count). The van der Waals surface area contributed by atoms with Gasteiger partial charge in [-0.25, -0.2) is 0 Å². The van der Waals surface area contributed by atoms with Gasteiger partial charge in [0.05, 0.1) is 25.4 Å². The highest BCUT2D eigenvalue weighted by Gasteiger charge is 2.47. The zero-order chi connectivity index (χ0) is 55.4. The molecule has 0 aromatic heterocycles. The van der Waals surface area contributed by atoms with Crippen LogP contribution in [0.1, 0.15) is 252 Å². The summed E-state index contributed by atoms with van der Waals surface area (Å²) in [6.45, 7) is 5.64. The van der Waals surface area contributed by atoms with E-state index in [2.05, 4.69) is 99.0 Å². The maximum atomic E-state index is 13.4. The molecule has 438 valence electrons. The van der Waals surface area contributed by atoms with Gasteiger partial charge < -0.3 is 45.1 Å². The second-order valence-corrected chi connectivity index (χ2v) is 21.1. The van der Waals surface area contributed by atoms with Crippen LogP contribution in [0.5, 0.6) is 0 Å². The van der Waals surface area contributed by atoms with Crippen molar-refractivity contribution in [3.63, 3.8) is 0 Å². The van der Waals surface area contributed by atoms with E-state index < -0.39 is 67.4 Å². The number of unbranched alkanes of at least 4 members (excludes halogenated alkanes) is 25. The largest absolute Gasteiger partial charge is 0.454 e. The third kappa shape index (κ3) is 40.1. The van der Waals surface area contributed by atoms with Gasteiger partial charge >= 0.3 is 5.97 Å². The number of aliphatic hydroxyl groups excluding tert-OH is 5. The Bertz CT molecular complexity index is 1560. The molecule has 0 aromatic rings. The molecule has 0 bridgehead atoms. The van der Waals surface area contributed by atoms with Gasteiger partial charge in [-0.05, 0) is 77.0 Å². The summed E-state index contributed by atoms with van der Waals surface area (Å²) in [4.78, 5) is 26.5. The first-order chi connectivity index (χ1) is 37.2. The number of amides is 1. The second kappa shape index (κ2) is 52.5. The molecule has 11 nitrogen and oxygen atoms in total. The lowest BCUT2D eigenvalue weighted by molar-refractivity contribution is -0.305. The number of hydrogen-bond acceptors (Lipinski definition) is 10. The number of hydrogen-bond donors (Lipinski definition) is 6. The highest BCUT2D eigenvalue weighted by Crippen LogP contribution is 2.26. The lowest BCUT2D eigenvalue weighted by atomic mass is 9.99. The molecule has 76 heavy (non-hydrogen) atoms. The summed E-state index contributed by atoms with van der Waals surface area (Å²) in [5, 5.41) is 56.9. The average Bonchev–Trinajstić information content (AvgIpc) is 3.42. The Morgan fingerprint density at radius 2 is 0.947 bits per heavy atom. The Kier molecular flexibility index (Phi) is 49.0. The van der Waals surface area contributed by atoms with Crippen LogP contribution in [0.4, 0.5) is 0 Å². The topological polar surface area (TPSA) is 175 Å². The van der Waals surface area contributed by atoms with Crippen LogP contribution in [0.25, 0.3) is 0 Å². The molecule has 0 spiro atoms. The Hall–Kier alpha value is -3.16. The first-order valence-corrected chi connectivity index (χ1v) is 30.9. The fourth-order valence-corrected chi connectivity index (χ4v) is 9.18. The van der Waals surface area contributed by atoms with Crippen LogP contribution < -0.4 is 5.32 Å². The van der Waals surface area contributed by atoms with Crippen molar-refractivity contribution in [1.29, 1.82) is 0 Å². The summed E-state index contributed by atoms with van der Waals surface area (Å²) < 4.78 is 17.6. The smallest absolute Gasteiger partial charge is 0.306 e. The van der Waals surface area contributed by atoms with Crippen LogP contribution in [-0.2, 0) is 23.8 Å². The normalized spacial score (nSPS) is 19.7. The molecule has 1 fully saturated rings. The van der Waals surface area contributed by atoms with E-state index in [1.807, 2.05) is 6.08 Å². The third-order valence-corrected chi connectivity index (χ3v) is 14.1. The van der Waals surface area contributed by atoms with E-state index in [9.17, 15) is 35.1 Å². The Balaban J connectivity index is 2.66. The predicted octanol–water partition coefficient (Wildman–Crippen LogP) is 14.6. The molecule has 8 unspecified atom stereocenters. The Morgan fingerprint density at radius 3 is 1.42 bits per heavy atom. The molecule has 1 aliphatic heterocycles. The van der Waals surface area contributed by atoms with E-state index in [1.165, 1.54) is 96.3 Å². The SMILES string of the molecule is CC/C=C\C/C=C\C/C=C\C/C=C\C/C=C\C/C=C\CCCCCCCC(O)C(=O)NC(COC1OC(CO)C(O)C(O)C1OC(=O)CCCCCCCCCCCCC)C(O)/C=C/CCCCCCCCCCCC. The maximum absolute atomic E-state index is 13.4. The average molecular weight is 1070 g/mol. The predicted molar refractivity (Wildman–Crippen MR) is 315 cm³/mol. The molecule has 8 atom stereocenters. The second-order valence-electron chi connectivity index (χ2n) is 21.1. The van der Waals surface area contributed by atoms with Gasteiger partial charge in [0.1, 0.15) is 24.4 Å². The maximum Gasteiger partial charge on any atom is 0.306 e. The van der Waals surface area contributed by atoms with Crippen LogP contribution in [0, 0.1) is 0 Å². The van der Waals surface area contributed by atoms with Gasteiger partial charge in [-0.3, -0.25) is 9.59 Å². The van der Waals surface area contributed by atoms with Gasteiger partial charge in [0, 0.05) is 6.42 Å². The lowest BCUT2D eigenvalue weighted by Crippen LogP contribution is -2.61. The molecule has 6 N–H and O–H groups in total. The van der Waals surface area contributed by atoms with Gasteiger partial charge in [0.2, 0.25) is 5.91 Å². The van der Waals surface area contributed by atoms with Crippen molar-refractivity contribution >= 4 is 11.9 Å². The first-order valence-electron chi connectivity index (χ1n) is 30.9. The third-order valence-electron chi connectivity index (χ3n) is 14.1. The van der Waals surface area contributed by atoms with E-state index in [0.29, 0.717) is 12.8 Å². The van der Waals surface area contributed by atoms with Crippen LogP contribution in [0.3, 0.4) is 0 Å². The Labute approximate surface area is 463 Å². The van der Waals surface area contributed by atoms with Crippen molar-refractivity contribution in [3.8, 4) is 0 Å². The summed E-state index contributed by atoms with van der Waals surface area (Å²) in [7, 11) is 0. The van der Waals surface area contributed by atoms with Crippen LogP contribution in [0.2, 0.25) is 0 Å². The van der Waals surface area contributed by atoms with E-state index in [4.69, 9.17) is 14.2 Å². The van der Waals surface area contributed by atoms with E-state index in [1.54, 1.807) is 6.08 Å². The van der Waals surface area contributed by atoms with Crippen molar-refractivity contribution in [2.75, 3.05) is 13.2 Å². The number of ether oxygens (including phenoxy) is 3. The van der Waals surface area contributed by atoms with Crippen molar-refractivity contribution in [2.24, 2.45) is 0 Å². The van der Waals surface area contributed by atoms with Crippen LogP contribution in [-0.4, -0.2) is 99.6 Å². The van der Waals surface area contributed by atoms with Crippen molar-refractivity contribution in [1.82, 2.24) is 5.32 Å². The minimum Gasteiger partial charge on any atom is -0.454 e. The standard InChI is InChI=1S/C65H113NO10/c1-4-7-10-13-16-19-22-24-25-26-27-28-29-30-31-32-33-34-35-38-40-43-46-49-52-58(69)64(73)66-56(57(68)51-48-45-42-39-37-23-20-17-14-11-8-5-2)55-74-65-63(62(72)61(71)59(54-67)75-65)76-60(70)53-50-47-44-41-36-21-18-15-12-9-6-3/h7,10,16,19,24-25,27-28,30-31,33-34,48,51,56-59,61-63,65,67-69,71-72H,4-6,8-9,11-15,17-18,20-23,26,29,32,35-47,49-50,52-55H2,1-3H3,(H,66,73)/b10-7-,19-16-,25-24-,28-27-,31-30-,34-33-,51-48+. The lowest BCUT2D eigenvalue weighted by Gasteiger charge is -2.41. The summed E-state index contributed by atoms with van der Waals surface area (Å²) >= 11 is 0. The van der Waals surface area contributed by atoms with E-state index in [-0.39, 0.29) is 19.4 Å². The van der Waals surface area contributed by atoms with Crippen molar-refractivity contribution in [2.45, 2.75) is 301 Å². The number of nitrogens with one attached hydrogen (secondary N) is 1. The molecular formula is C65H113NO10. The quantitative estimate of drug-likeness (QED) is 0.0195. The van der Waals surface area contributed by atoms with E-state index in [0.717, 1.165) is 109 Å². The molecule has 1 saturated heterocycles. The van der Waals surface area contributed by atoms with Gasteiger partial charge in [0.15, 0.2) is 12.4 Å². The van der Waals surface area contributed by atoms with Gasteiger partial charge in [-0.1, -0.05) is 254 Å². The highest BCUT2D eigenvalue weighted by molar-refractivity contribution is 5.80. The molecule has 11 heteroatoms. The minimum absolute atomic E-state index is 0.121. The molecular weight excluding hydrogens is 955 g/mol. The number of carbonyl (C=O) groups excluding carboxylic acids is 2. The molecule has 1 amide bonds. The molecule has 0 aromatic carbocycles. The highest BCUT2D eigenvalue weighted by atomic mass is 16.7. The minimum atomic E-state index is -1.62. The molecule has 0 aliphatic carbocycles. The summed E-state index contributed by atoms with van der Waals surface area (Å²) in [6.07, 6.45) is 57.7. The fraction of sp³-hybridized carbons (Fsp3) is 0.754. The first kappa shape index (κ1) is 70.9. The Morgan fingerprint density at radius 1 is 0.526 bits per heavy atom. The zero-order valence-corrected chi connectivity index (χ0v) is 48.3. The van der Waals surface area contributed by atoms with Gasteiger partial charge in [0.25, 0.3) is 0 Å². The summed E-state index contributed by atoms with van der Waals surface area (Å²) in [5.74, 6) is -1.21. The van der Waals surface area contributed by atoms with Crippen molar-refractivity contribution in [3.05, 3.63) is 85.1 Å². The molecule has 1 aliphatic rings. The van der Waals surface area contributed by atoms with Crippen LogP contribution >= 0.6 is 0 Å². The number of allylic oxidation sites excluding steroid dienone is 13. The monoisotopic (exact) mass is 1070 g/mol. The number of esters is 1. The zero-order valence-electron chi connectivity index (χ0n) is 48.3. The number of aliphatic hydroxyl groups is 5. The molecule has 0 radical (unpaired) electrons. The van der Waals surface area contributed by atoms with Gasteiger partial charge in [-0.2, -0.15) is 0 Å².